The summed E-state index contributed by atoms with van der Waals surface area (Å²) < 4.78 is 21.3. The topological polar surface area (TPSA) is 124 Å². The molecule has 0 aliphatic carbocycles. The van der Waals surface area contributed by atoms with E-state index in [4.69, 9.17) is 11.0 Å². The van der Waals surface area contributed by atoms with Crippen molar-refractivity contribution in [3.8, 4) is 0 Å². The van der Waals surface area contributed by atoms with Crippen molar-refractivity contribution in [2.75, 3.05) is 5.43 Å². The second kappa shape index (κ2) is 3.01. The van der Waals surface area contributed by atoms with E-state index in [0.717, 1.165) is 0 Å². The van der Waals surface area contributed by atoms with Gasteiger partial charge in [-0.05, 0) is 0 Å². The number of hydrazine groups is 1. The third-order valence-corrected chi connectivity index (χ3v) is 1.77. The molecule has 12 heavy (non-hydrogen) atoms. The maximum Gasteiger partial charge on any atom is 0.273 e. The average molecular weight is 189 g/mol. The molecule has 0 radical (unpaired) electrons. The first-order valence-electron chi connectivity index (χ1n) is 2.85. The van der Waals surface area contributed by atoms with Gasteiger partial charge in [0.05, 0.1) is 18.1 Å². The van der Waals surface area contributed by atoms with Crippen molar-refractivity contribution in [3.05, 3.63) is 12.4 Å². The molecule has 1 rings (SSSR count). The van der Waals surface area contributed by atoms with Crippen LogP contribution in [0.4, 0.5) is 5.69 Å². The molecule has 0 aliphatic rings. The van der Waals surface area contributed by atoms with Crippen molar-refractivity contribution in [1.29, 1.82) is 0 Å². The smallest absolute Gasteiger partial charge is 0.273 e. The van der Waals surface area contributed by atoms with Crippen LogP contribution >= 0.6 is 0 Å². The minimum absolute atomic E-state index is 0.405. The quantitative estimate of drug-likeness (QED) is 0.292. The van der Waals surface area contributed by atoms with E-state index in [1.165, 1.54) is 12.4 Å². The molecule has 1 heterocycles. The maximum atomic E-state index is 10.6. The van der Waals surface area contributed by atoms with Crippen LogP contribution in [0, 0.1) is 0 Å². The number of nitrogen functional groups attached to an aromatic ring is 1. The summed E-state index contributed by atoms with van der Waals surface area (Å²) in [6, 6.07) is 0. The Balaban J connectivity index is 3.09. The van der Waals surface area contributed by atoms with Gasteiger partial charge in [-0.2, -0.15) is 0 Å². The lowest BCUT2D eigenvalue weighted by Crippen LogP contribution is -2.16. The molecule has 0 fully saturated rings. The van der Waals surface area contributed by atoms with Crippen LogP contribution < -0.4 is 16.4 Å². The van der Waals surface area contributed by atoms with Gasteiger partial charge in [0, 0.05) is 0 Å². The van der Waals surface area contributed by atoms with Gasteiger partial charge in [-0.1, -0.05) is 0 Å². The maximum absolute atomic E-state index is 10.6. The number of rotatable bonds is 2. The second-order valence-electron chi connectivity index (χ2n) is 1.94. The molecule has 0 saturated heterocycles. The van der Waals surface area contributed by atoms with Gasteiger partial charge in [0.25, 0.3) is 15.2 Å². The molecular weight excluding hydrogens is 182 g/mol. The van der Waals surface area contributed by atoms with Crippen molar-refractivity contribution in [2.45, 2.75) is 5.16 Å². The van der Waals surface area contributed by atoms with E-state index in [9.17, 15) is 8.42 Å². The SMILES string of the molecule is NNc1cnc(S(N)(=O)=O)nc1. The Morgan fingerprint density at radius 3 is 2.17 bits per heavy atom. The molecular formula is C4H7N5O2S. The Hall–Kier alpha value is -1.25. The molecule has 0 aromatic carbocycles. The van der Waals surface area contributed by atoms with Gasteiger partial charge in [-0.15, -0.1) is 0 Å². The van der Waals surface area contributed by atoms with Crippen molar-refractivity contribution < 1.29 is 8.42 Å². The highest BCUT2D eigenvalue weighted by molar-refractivity contribution is 7.89. The minimum atomic E-state index is -3.82. The van der Waals surface area contributed by atoms with E-state index in [2.05, 4.69) is 15.4 Å². The predicted octanol–water partition coefficient (Wildman–Crippen LogP) is -1.59. The lowest BCUT2D eigenvalue weighted by molar-refractivity contribution is 0.588. The fourth-order valence-corrected chi connectivity index (χ4v) is 0.937. The lowest BCUT2D eigenvalue weighted by Gasteiger charge is -1.98. The fourth-order valence-electron chi connectivity index (χ4n) is 0.538. The van der Waals surface area contributed by atoms with Crippen LogP contribution in [-0.2, 0) is 10.0 Å². The molecule has 5 N–H and O–H groups in total. The van der Waals surface area contributed by atoms with E-state index in [-0.39, 0.29) is 0 Å². The van der Waals surface area contributed by atoms with E-state index < -0.39 is 15.2 Å². The summed E-state index contributed by atoms with van der Waals surface area (Å²) in [6.07, 6.45) is 2.43. The summed E-state index contributed by atoms with van der Waals surface area (Å²) >= 11 is 0. The molecule has 0 atom stereocenters. The Bertz CT molecular complexity index is 358. The molecule has 66 valence electrons. The molecule has 0 spiro atoms. The summed E-state index contributed by atoms with van der Waals surface area (Å²) in [6.45, 7) is 0. The number of hydrogen-bond acceptors (Lipinski definition) is 6. The van der Waals surface area contributed by atoms with E-state index in [1.54, 1.807) is 0 Å². The number of anilines is 1. The number of primary sulfonamides is 1. The number of sulfonamides is 1. The van der Waals surface area contributed by atoms with Gasteiger partial charge >= 0.3 is 0 Å². The second-order valence-corrected chi connectivity index (χ2v) is 3.40. The van der Waals surface area contributed by atoms with Crippen LogP contribution in [0.15, 0.2) is 17.6 Å². The highest BCUT2D eigenvalue weighted by atomic mass is 32.2. The zero-order valence-corrected chi connectivity index (χ0v) is 6.75. The Labute approximate surface area is 68.8 Å². The van der Waals surface area contributed by atoms with Crippen molar-refractivity contribution in [1.82, 2.24) is 9.97 Å². The van der Waals surface area contributed by atoms with Crippen molar-refractivity contribution in [3.63, 3.8) is 0 Å². The normalized spacial score (nSPS) is 11.2. The number of hydrogen-bond donors (Lipinski definition) is 3. The first-order chi connectivity index (χ1) is 5.54. The van der Waals surface area contributed by atoms with Crippen molar-refractivity contribution >= 4 is 15.7 Å². The van der Waals surface area contributed by atoms with Crippen molar-refractivity contribution in [2.24, 2.45) is 11.0 Å². The predicted molar refractivity (Wildman–Crippen MR) is 41.2 cm³/mol. The van der Waals surface area contributed by atoms with E-state index >= 15 is 0 Å². The highest BCUT2D eigenvalue weighted by Gasteiger charge is 2.09. The first kappa shape index (κ1) is 8.84. The van der Waals surface area contributed by atoms with Crippen LogP contribution in [0.25, 0.3) is 0 Å². The number of nitrogens with two attached hydrogens (primary N) is 2. The molecule has 1 aromatic heterocycles. The zero-order valence-electron chi connectivity index (χ0n) is 5.93. The minimum Gasteiger partial charge on any atom is -0.321 e. The molecule has 0 amide bonds. The third kappa shape index (κ3) is 1.87. The molecule has 0 saturated carbocycles. The third-order valence-electron chi connectivity index (χ3n) is 1.05. The molecule has 8 heteroatoms. The molecule has 1 aromatic rings. The first-order valence-corrected chi connectivity index (χ1v) is 4.40. The van der Waals surface area contributed by atoms with Gasteiger partial charge in [-0.25, -0.2) is 23.5 Å². The summed E-state index contributed by atoms with van der Waals surface area (Å²) in [5, 5.41) is 4.31. The van der Waals surface area contributed by atoms with Gasteiger partial charge in [0.2, 0.25) is 0 Å². The molecule has 7 nitrogen and oxygen atoms in total. The van der Waals surface area contributed by atoms with Crippen LogP contribution in [0.1, 0.15) is 0 Å². The Morgan fingerprint density at radius 2 is 1.83 bits per heavy atom. The average Bonchev–Trinajstić information content (AvgIpc) is 2.03. The Kier molecular flexibility index (Phi) is 2.22. The Morgan fingerprint density at radius 1 is 1.33 bits per heavy atom. The number of nitrogens with zero attached hydrogens (tertiary/aromatic N) is 2. The van der Waals surface area contributed by atoms with Gasteiger partial charge in [-0.3, -0.25) is 5.84 Å². The molecule has 0 bridgehead atoms. The van der Waals surface area contributed by atoms with Crippen LogP contribution in [0.2, 0.25) is 0 Å². The summed E-state index contributed by atoms with van der Waals surface area (Å²) in [4.78, 5) is 6.91. The highest BCUT2D eigenvalue weighted by Crippen LogP contribution is 2.02. The van der Waals surface area contributed by atoms with Gasteiger partial charge < -0.3 is 5.43 Å². The summed E-state index contributed by atoms with van der Waals surface area (Å²) in [5.74, 6) is 5.00. The lowest BCUT2D eigenvalue weighted by atomic mass is 10.6. The standard InChI is InChI=1S/C4H7N5O2S/c5-9-3-1-7-4(8-2-3)12(6,10)11/h1-2,9H,5H2,(H2,6,10,11). The van der Waals surface area contributed by atoms with E-state index in [0.29, 0.717) is 5.69 Å². The van der Waals surface area contributed by atoms with Crippen LogP contribution in [0.5, 0.6) is 0 Å². The van der Waals surface area contributed by atoms with Gasteiger partial charge in [0.15, 0.2) is 0 Å². The largest absolute Gasteiger partial charge is 0.321 e. The van der Waals surface area contributed by atoms with Gasteiger partial charge in [0.1, 0.15) is 0 Å². The summed E-state index contributed by atoms with van der Waals surface area (Å²) in [5.41, 5.74) is 2.65. The monoisotopic (exact) mass is 189 g/mol. The zero-order chi connectivity index (χ0) is 9.19. The van der Waals surface area contributed by atoms with Crippen LogP contribution in [-0.4, -0.2) is 18.4 Å². The van der Waals surface area contributed by atoms with E-state index in [1.807, 2.05) is 0 Å². The number of nitrogens with one attached hydrogen (secondary N) is 1. The number of aromatic nitrogens is 2. The van der Waals surface area contributed by atoms with Crippen LogP contribution in [0.3, 0.4) is 0 Å². The fraction of sp³-hybridized carbons (Fsp3) is 0. The summed E-state index contributed by atoms with van der Waals surface area (Å²) in [7, 11) is -3.82. The molecule has 0 aliphatic heterocycles. The molecule has 0 unspecified atom stereocenters.